The molecule has 0 aliphatic heterocycles. The molecule has 0 fully saturated rings. The molecular weight excluding hydrogens is 853 g/mol. The van der Waals surface area contributed by atoms with Gasteiger partial charge in [-0.1, -0.05) is 303 Å². The second kappa shape index (κ2) is 58.7. The smallest absolute Gasteiger partial charge is 0.306 e. The van der Waals surface area contributed by atoms with Crippen molar-refractivity contribution >= 4 is 17.9 Å². The van der Waals surface area contributed by atoms with Crippen molar-refractivity contribution in [2.75, 3.05) is 13.2 Å². The molecule has 0 aliphatic carbocycles. The van der Waals surface area contributed by atoms with E-state index < -0.39 is 6.10 Å². The minimum Gasteiger partial charge on any atom is -0.462 e. The molecule has 0 N–H and O–H groups in total. The van der Waals surface area contributed by atoms with Gasteiger partial charge in [-0.25, -0.2) is 0 Å². The highest BCUT2D eigenvalue weighted by Crippen LogP contribution is 2.18. The van der Waals surface area contributed by atoms with E-state index in [1.807, 2.05) is 0 Å². The highest BCUT2D eigenvalue weighted by atomic mass is 16.6. The van der Waals surface area contributed by atoms with Gasteiger partial charge in [0.25, 0.3) is 0 Å². The quantitative estimate of drug-likeness (QED) is 0.0261. The normalized spacial score (nSPS) is 12.0. The molecule has 0 bridgehead atoms. The Morgan fingerprint density at radius 1 is 0.275 bits per heavy atom. The number of esters is 3. The molecule has 69 heavy (non-hydrogen) atoms. The van der Waals surface area contributed by atoms with Crippen LogP contribution in [0.2, 0.25) is 0 Å². The standard InChI is InChI=1S/C63H120O6/c1-4-7-10-13-16-19-22-25-28-29-30-31-32-33-34-35-36-39-41-44-47-50-53-56-62(65)68-59-60(69-63(66)57-54-51-48-45-42-38-27-24-21-18-15-12-9-6-3)58-67-61(64)55-52-49-46-43-40-37-26-23-20-17-14-11-8-5-2/h24,27,60H,4-23,25-26,28-59H2,1-3H3/b27-24-. The number of allylic oxidation sites excluding steroid dienone is 2. The van der Waals surface area contributed by atoms with Crippen molar-refractivity contribution in [2.45, 2.75) is 361 Å². The molecule has 1 unspecified atom stereocenters. The van der Waals surface area contributed by atoms with E-state index in [2.05, 4.69) is 32.9 Å². The highest BCUT2D eigenvalue weighted by molar-refractivity contribution is 5.71. The van der Waals surface area contributed by atoms with Gasteiger partial charge in [0, 0.05) is 19.3 Å². The molecule has 0 spiro atoms. The molecule has 1 atom stereocenters. The Balaban J connectivity index is 4.22. The van der Waals surface area contributed by atoms with Gasteiger partial charge in [-0.15, -0.1) is 0 Å². The largest absolute Gasteiger partial charge is 0.462 e. The van der Waals surface area contributed by atoms with Crippen LogP contribution in [0, 0.1) is 0 Å². The van der Waals surface area contributed by atoms with Gasteiger partial charge >= 0.3 is 17.9 Å². The monoisotopic (exact) mass is 973 g/mol. The summed E-state index contributed by atoms with van der Waals surface area (Å²) in [4.78, 5) is 38.2. The Morgan fingerprint density at radius 3 is 0.725 bits per heavy atom. The van der Waals surface area contributed by atoms with Crippen LogP contribution in [0.3, 0.4) is 0 Å². The number of hydrogen-bond donors (Lipinski definition) is 0. The summed E-state index contributed by atoms with van der Waals surface area (Å²) < 4.78 is 16.9. The van der Waals surface area contributed by atoms with Crippen molar-refractivity contribution in [3.8, 4) is 0 Å². The Kier molecular flexibility index (Phi) is 57.1. The SMILES string of the molecule is CCCCCCC/C=C\CCCCCCCC(=O)OC(COC(=O)CCCCCCCCCCCCCCCC)COC(=O)CCCCCCCCCCCCCCCCCCCCCCCCC. The van der Waals surface area contributed by atoms with Crippen molar-refractivity contribution in [1.82, 2.24) is 0 Å². The number of unbranched alkanes of at least 4 members (excludes halogenated alkanes) is 45. The van der Waals surface area contributed by atoms with Gasteiger partial charge in [0.15, 0.2) is 6.10 Å². The summed E-state index contributed by atoms with van der Waals surface area (Å²) in [7, 11) is 0. The molecule has 6 heteroatoms. The first-order valence-electron chi connectivity index (χ1n) is 31.2. The molecule has 408 valence electrons. The van der Waals surface area contributed by atoms with Gasteiger partial charge < -0.3 is 14.2 Å². The summed E-state index contributed by atoms with van der Waals surface area (Å²) in [5, 5.41) is 0. The second-order valence-corrected chi connectivity index (χ2v) is 21.3. The topological polar surface area (TPSA) is 78.9 Å². The van der Waals surface area contributed by atoms with Crippen LogP contribution in [-0.2, 0) is 28.6 Å². The van der Waals surface area contributed by atoms with Crippen LogP contribution in [-0.4, -0.2) is 37.2 Å². The lowest BCUT2D eigenvalue weighted by atomic mass is 10.0. The van der Waals surface area contributed by atoms with E-state index in [0.717, 1.165) is 64.2 Å². The van der Waals surface area contributed by atoms with Crippen molar-refractivity contribution in [2.24, 2.45) is 0 Å². The predicted octanol–water partition coefficient (Wildman–Crippen LogP) is 20.9. The van der Waals surface area contributed by atoms with E-state index in [1.54, 1.807) is 0 Å². The van der Waals surface area contributed by atoms with Crippen LogP contribution in [0.15, 0.2) is 12.2 Å². The van der Waals surface area contributed by atoms with E-state index in [4.69, 9.17) is 14.2 Å². The second-order valence-electron chi connectivity index (χ2n) is 21.3. The lowest BCUT2D eigenvalue weighted by Crippen LogP contribution is -2.30. The van der Waals surface area contributed by atoms with Crippen LogP contribution in [0.25, 0.3) is 0 Å². The maximum Gasteiger partial charge on any atom is 0.306 e. The highest BCUT2D eigenvalue weighted by Gasteiger charge is 2.19. The van der Waals surface area contributed by atoms with Gasteiger partial charge in [-0.3, -0.25) is 14.4 Å². The minimum atomic E-state index is -0.769. The van der Waals surface area contributed by atoms with Crippen molar-refractivity contribution in [3.05, 3.63) is 12.2 Å². The zero-order valence-electron chi connectivity index (χ0n) is 46.9. The molecular formula is C63H120O6. The van der Waals surface area contributed by atoms with Gasteiger partial charge in [-0.2, -0.15) is 0 Å². The Morgan fingerprint density at radius 2 is 0.478 bits per heavy atom. The van der Waals surface area contributed by atoms with E-state index in [0.29, 0.717) is 19.3 Å². The number of carbonyl (C=O) groups excluding carboxylic acids is 3. The van der Waals surface area contributed by atoms with Crippen molar-refractivity contribution < 1.29 is 28.6 Å². The first-order valence-corrected chi connectivity index (χ1v) is 31.2. The fraction of sp³-hybridized carbons (Fsp3) is 0.921. The molecule has 0 radical (unpaired) electrons. The van der Waals surface area contributed by atoms with Crippen molar-refractivity contribution in [1.29, 1.82) is 0 Å². The molecule has 0 saturated carbocycles. The van der Waals surface area contributed by atoms with Crippen LogP contribution < -0.4 is 0 Å². The molecule has 6 nitrogen and oxygen atoms in total. The number of ether oxygens (including phenoxy) is 3. The number of rotatable bonds is 58. The van der Waals surface area contributed by atoms with E-state index >= 15 is 0 Å². The minimum absolute atomic E-state index is 0.0671. The zero-order valence-corrected chi connectivity index (χ0v) is 46.9. The van der Waals surface area contributed by atoms with Gasteiger partial charge in [0.1, 0.15) is 13.2 Å². The Hall–Kier alpha value is -1.85. The third-order valence-electron chi connectivity index (χ3n) is 14.3. The van der Waals surface area contributed by atoms with E-state index in [1.165, 1.54) is 250 Å². The van der Waals surface area contributed by atoms with Gasteiger partial charge in [-0.05, 0) is 44.9 Å². The van der Waals surface area contributed by atoms with E-state index in [9.17, 15) is 14.4 Å². The summed E-state index contributed by atoms with van der Waals surface area (Å²) in [5.41, 5.74) is 0. The summed E-state index contributed by atoms with van der Waals surface area (Å²) >= 11 is 0. The fourth-order valence-corrected chi connectivity index (χ4v) is 9.56. The number of hydrogen-bond acceptors (Lipinski definition) is 6. The molecule has 0 aromatic heterocycles. The Bertz CT molecular complexity index is 1070. The maximum absolute atomic E-state index is 12.9. The van der Waals surface area contributed by atoms with Crippen LogP contribution in [0.1, 0.15) is 355 Å². The maximum atomic E-state index is 12.9. The third kappa shape index (κ3) is 56.9. The molecule has 0 heterocycles. The Labute approximate surface area is 431 Å². The average molecular weight is 974 g/mol. The van der Waals surface area contributed by atoms with Crippen LogP contribution >= 0.6 is 0 Å². The molecule has 0 amide bonds. The summed E-state index contributed by atoms with van der Waals surface area (Å²) in [5.74, 6) is -0.848. The van der Waals surface area contributed by atoms with Crippen molar-refractivity contribution in [3.63, 3.8) is 0 Å². The number of carbonyl (C=O) groups is 3. The van der Waals surface area contributed by atoms with Crippen LogP contribution in [0.5, 0.6) is 0 Å². The van der Waals surface area contributed by atoms with Crippen LogP contribution in [0.4, 0.5) is 0 Å². The molecule has 0 saturated heterocycles. The lowest BCUT2D eigenvalue weighted by molar-refractivity contribution is -0.167. The summed E-state index contributed by atoms with van der Waals surface area (Å²) in [6.07, 6.45) is 67.9. The lowest BCUT2D eigenvalue weighted by Gasteiger charge is -2.18. The van der Waals surface area contributed by atoms with Gasteiger partial charge in [0.2, 0.25) is 0 Å². The molecule has 0 aromatic rings. The summed E-state index contributed by atoms with van der Waals surface area (Å²) in [6, 6.07) is 0. The first kappa shape index (κ1) is 67.1. The first-order chi connectivity index (χ1) is 34.0. The zero-order chi connectivity index (χ0) is 50.0. The molecule has 0 aliphatic rings. The summed E-state index contributed by atoms with van der Waals surface area (Å²) in [6.45, 7) is 6.69. The predicted molar refractivity (Wildman–Crippen MR) is 298 cm³/mol. The van der Waals surface area contributed by atoms with Gasteiger partial charge in [0.05, 0.1) is 0 Å². The molecule has 0 aromatic carbocycles. The third-order valence-corrected chi connectivity index (χ3v) is 14.3. The van der Waals surface area contributed by atoms with E-state index in [-0.39, 0.29) is 31.1 Å². The average Bonchev–Trinajstić information content (AvgIpc) is 3.35. The molecule has 0 rings (SSSR count). The fourth-order valence-electron chi connectivity index (χ4n) is 9.56.